The Morgan fingerprint density at radius 2 is 1.83 bits per heavy atom. The highest BCUT2D eigenvalue weighted by Gasteiger charge is 2.18. The molecule has 0 atom stereocenters. The first-order valence-corrected chi connectivity index (χ1v) is 8.48. The van der Waals surface area contributed by atoms with Crippen molar-refractivity contribution < 1.29 is 0 Å². The van der Waals surface area contributed by atoms with Crippen molar-refractivity contribution in [1.29, 1.82) is 0 Å². The molecule has 2 aromatic rings. The Morgan fingerprint density at radius 3 is 2.43 bits per heavy atom. The number of aliphatic imine (C=N–C) groups is 1. The molecule has 2 N–H and O–H groups in total. The van der Waals surface area contributed by atoms with Crippen molar-refractivity contribution in [2.75, 3.05) is 13.6 Å². The van der Waals surface area contributed by atoms with Crippen molar-refractivity contribution in [3.8, 4) is 0 Å². The van der Waals surface area contributed by atoms with E-state index in [4.69, 9.17) is 0 Å². The minimum atomic E-state index is 0. The molecule has 0 amide bonds. The third kappa shape index (κ3) is 7.35. The summed E-state index contributed by atoms with van der Waals surface area (Å²) in [7, 11) is 1.81. The van der Waals surface area contributed by atoms with E-state index in [2.05, 4.69) is 77.3 Å². The molecule has 0 saturated carbocycles. The van der Waals surface area contributed by atoms with Gasteiger partial charge in [-0.05, 0) is 28.8 Å². The monoisotopic (exact) mass is 443 g/mol. The smallest absolute Gasteiger partial charge is 0.191 e. The molecule has 3 nitrogen and oxygen atoms in total. The summed E-state index contributed by atoms with van der Waals surface area (Å²) in [6.45, 7) is 6.25. The normalized spacial score (nSPS) is 11.7. The van der Waals surface area contributed by atoms with Crippen LogP contribution in [0.15, 0.2) is 52.8 Å². The second-order valence-corrected chi connectivity index (χ2v) is 7.22. The van der Waals surface area contributed by atoms with Crippen LogP contribution in [0.2, 0.25) is 0 Å². The predicted molar refractivity (Wildman–Crippen MR) is 112 cm³/mol. The Labute approximate surface area is 160 Å². The molecule has 0 unspecified atom stereocenters. The maximum absolute atomic E-state index is 4.30. The van der Waals surface area contributed by atoms with Crippen molar-refractivity contribution in [3.05, 3.63) is 58.3 Å². The summed E-state index contributed by atoms with van der Waals surface area (Å²) in [5.41, 5.74) is 1.54. The average molecular weight is 443 g/mol. The van der Waals surface area contributed by atoms with Crippen LogP contribution in [0.1, 0.15) is 24.3 Å². The van der Waals surface area contributed by atoms with Crippen LogP contribution < -0.4 is 10.6 Å². The van der Waals surface area contributed by atoms with E-state index in [0.717, 1.165) is 25.5 Å². The highest BCUT2D eigenvalue weighted by atomic mass is 127. The molecular weight excluding hydrogens is 417 g/mol. The Balaban J connectivity index is 0.00000264. The number of nitrogens with one attached hydrogen (secondary N) is 2. The number of guanidine groups is 1. The van der Waals surface area contributed by atoms with Crippen molar-refractivity contribution in [2.24, 2.45) is 10.4 Å². The van der Waals surface area contributed by atoms with Crippen LogP contribution in [0.4, 0.5) is 0 Å². The highest BCUT2D eigenvalue weighted by molar-refractivity contribution is 14.0. The molecule has 0 spiro atoms. The summed E-state index contributed by atoms with van der Waals surface area (Å²) in [5, 5.41) is 8.89. The molecule has 5 heteroatoms. The van der Waals surface area contributed by atoms with Crippen LogP contribution in [0.5, 0.6) is 0 Å². The van der Waals surface area contributed by atoms with Gasteiger partial charge in [0.2, 0.25) is 0 Å². The van der Waals surface area contributed by atoms with Crippen molar-refractivity contribution in [3.63, 3.8) is 0 Å². The minimum Gasteiger partial charge on any atom is -0.356 e. The first kappa shape index (κ1) is 20.0. The van der Waals surface area contributed by atoms with Crippen molar-refractivity contribution in [2.45, 2.75) is 26.8 Å². The zero-order valence-corrected chi connectivity index (χ0v) is 17.2. The summed E-state index contributed by atoms with van der Waals surface area (Å²) >= 11 is 1.76. The lowest BCUT2D eigenvalue weighted by Crippen LogP contribution is -2.42. The third-order valence-electron chi connectivity index (χ3n) is 3.49. The molecule has 0 radical (unpaired) electrons. The summed E-state index contributed by atoms with van der Waals surface area (Å²) < 4.78 is 0. The van der Waals surface area contributed by atoms with Gasteiger partial charge in [0.05, 0.1) is 6.54 Å². The Hall–Kier alpha value is -1.08. The van der Waals surface area contributed by atoms with Crippen LogP contribution in [0, 0.1) is 5.41 Å². The molecule has 2 rings (SSSR count). The largest absolute Gasteiger partial charge is 0.356 e. The van der Waals surface area contributed by atoms with Gasteiger partial charge in [0, 0.05) is 18.5 Å². The van der Waals surface area contributed by atoms with Gasteiger partial charge in [-0.15, -0.1) is 35.3 Å². The summed E-state index contributed by atoms with van der Waals surface area (Å²) in [6.07, 6.45) is 1.04. The van der Waals surface area contributed by atoms with Crippen molar-refractivity contribution >= 4 is 41.3 Å². The molecule has 1 aromatic carbocycles. The van der Waals surface area contributed by atoms with E-state index in [1.165, 1.54) is 10.4 Å². The highest BCUT2D eigenvalue weighted by Crippen LogP contribution is 2.20. The minimum absolute atomic E-state index is 0. The average Bonchev–Trinajstić information content (AvgIpc) is 3.01. The topological polar surface area (TPSA) is 36.4 Å². The van der Waals surface area contributed by atoms with E-state index < -0.39 is 0 Å². The number of hydrogen-bond acceptors (Lipinski definition) is 2. The van der Waals surface area contributed by atoms with Crippen LogP contribution in [0.3, 0.4) is 0 Å². The van der Waals surface area contributed by atoms with Gasteiger partial charge in [-0.25, -0.2) is 0 Å². The predicted octanol–water partition coefficient (Wildman–Crippen LogP) is 4.30. The SMILES string of the molecule is CN=C(NCc1cccs1)NCC(C)(C)Cc1ccccc1.I. The number of thiophene rings is 1. The summed E-state index contributed by atoms with van der Waals surface area (Å²) in [5.74, 6) is 0.856. The van der Waals surface area contributed by atoms with Gasteiger partial charge in [-0.1, -0.05) is 50.2 Å². The van der Waals surface area contributed by atoms with Gasteiger partial charge in [0.15, 0.2) is 5.96 Å². The quantitative estimate of drug-likeness (QED) is 0.397. The van der Waals surface area contributed by atoms with Crippen LogP contribution in [-0.4, -0.2) is 19.6 Å². The maximum atomic E-state index is 4.30. The lowest BCUT2D eigenvalue weighted by Gasteiger charge is -2.26. The molecule has 1 aromatic heterocycles. The summed E-state index contributed by atoms with van der Waals surface area (Å²) in [4.78, 5) is 5.61. The van der Waals surface area contributed by atoms with Crippen LogP contribution in [-0.2, 0) is 13.0 Å². The molecule has 0 fully saturated rings. The van der Waals surface area contributed by atoms with Gasteiger partial charge in [-0.2, -0.15) is 0 Å². The van der Waals surface area contributed by atoms with E-state index in [1.54, 1.807) is 11.3 Å². The standard InChI is InChI=1S/C18H25N3S.HI/c1-18(2,12-15-8-5-4-6-9-15)14-21-17(19-3)20-13-16-10-7-11-22-16;/h4-11H,12-14H2,1-3H3,(H2,19,20,21);1H. The van der Waals surface area contributed by atoms with Gasteiger partial charge in [-0.3, -0.25) is 4.99 Å². The third-order valence-corrected chi connectivity index (χ3v) is 4.37. The molecule has 0 bridgehead atoms. The van der Waals surface area contributed by atoms with E-state index in [-0.39, 0.29) is 29.4 Å². The Bertz CT molecular complexity index is 580. The van der Waals surface area contributed by atoms with Gasteiger partial charge < -0.3 is 10.6 Å². The molecule has 0 aliphatic rings. The van der Waals surface area contributed by atoms with Crippen LogP contribution >= 0.6 is 35.3 Å². The first-order valence-electron chi connectivity index (χ1n) is 7.60. The number of hydrogen-bond donors (Lipinski definition) is 2. The lowest BCUT2D eigenvalue weighted by atomic mass is 9.86. The molecule has 0 aliphatic heterocycles. The molecular formula is C18H26IN3S. The second-order valence-electron chi connectivity index (χ2n) is 6.19. The molecule has 1 heterocycles. The molecule has 126 valence electrons. The Morgan fingerprint density at radius 1 is 1.09 bits per heavy atom. The van der Waals surface area contributed by atoms with E-state index in [0.29, 0.717) is 0 Å². The second kappa shape index (κ2) is 9.93. The number of halogens is 1. The zero-order chi connectivity index (χ0) is 15.8. The maximum Gasteiger partial charge on any atom is 0.191 e. The van der Waals surface area contributed by atoms with E-state index >= 15 is 0 Å². The molecule has 23 heavy (non-hydrogen) atoms. The number of rotatable bonds is 6. The number of nitrogens with zero attached hydrogens (tertiary/aromatic N) is 1. The molecule has 0 aliphatic carbocycles. The van der Waals surface area contributed by atoms with Crippen LogP contribution in [0.25, 0.3) is 0 Å². The van der Waals surface area contributed by atoms with Crippen molar-refractivity contribution in [1.82, 2.24) is 10.6 Å². The van der Waals surface area contributed by atoms with E-state index in [1.807, 2.05) is 7.05 Å². The summed E-state index contributed by atoms with van der Waals surface area (Å²) in [6, 6.07) is 14.8. The fourth-order valence-corrected chi connectivity index (χ4v) is 2.98. The number of benzene rings is 1. The Kier molecular flexibility index (Phi) is 8.62. The fraction of sp³-hybridized carbons (Fsp3) is 0.389. The zero-order valence-electron chi connectivity index (χ0n) is 14.0. The van der Waals surface area contributed by atoms with E-state index in [9.17, 15) is 0 Å². The van der Waals surface area contributed by atoms with Gasteiger partial charge >= 0.3 is 0 Å². The molecule has 0 saturated heterocycles. The first-order chi connectivity index (χ1) is 10.6. The fourth-order valence-electron chi connectivity index (χ4n) is 2.34. The van der Waals surface area contributed by atoms with Gasteiger partial charge in [0.1, 0.15) is 0 Å². The van der Waals surface area contributed by atoms with Gasteiger partial charge in [0.25, 0.3) is 0 Å². The lowest BCUT2D eigenvalue weighted by molar-refractivity contribution is 0.359.